The summed E-state index contributed by atoms with van der Waals surface area (Å²) in [5.74, 6) is -0.123. The second-order valence-electron chi connectivity index (χ2n) is 5.53. The van der Waals surface area contributed by atoms with E-state index in [2.05, 4.69) is 22.2 Å². The highest BCUT2D eigenvalue weighted by molar-refractivity contribution is 6.31. The summed E-state index contributed by atoms with van der Waals surface area (Å²) in [5, 5.41) is 3.40. The van der Waals surface area contributed by atoms with Crippen molar-refractivity contribution >= 4 is 23.2 Å². The Morgan fingerprint density at radius 2 is 2.00 bits per heavy atom. The van der Waals surface area contributed by atoms with E-state index in [0.29, 0.717) is 22.8 Å². The molecule has 1 aromatic rings. The number of nitrogens with one attached hydrogen (secondary N) is 1. The fraction of sp³-hybridized carbons (Fsp3) is 0.533. The van der Waals surface area contributed by atoms with Crippen LogP contribution in [0.2, 0.25) is 5.02 Å². The van der Waals surface area contributed by atoms with E-state index in [4.69, 9.17) is 17.3 Å². The zero-order valence-corrected chi connectivity index (χ0v) is 13.2. The number of hydrogen-bond acceptors (Lipinski definition) is 4. The SMILES string of the molecule is CN1CCN(CCCNC(=O)c2cc(N)cc(Cl)c2)CC1. The van der Waals surface area contributed by atoms with Gasteiger partial charge in [-0.25, -0.2) is 0 Å². The van der Waals surface area contributed by atoms with Crippen LogP contribution in [0.15, 0.2) is 18.2 Å². The van der Waals surface area contributed by atoms with Crippen LogP contribution in [0.4, 0.5) is 5.69 Å². The predicted molar refractivity (Wildman–Crippen MR) is 86.8 cm³/mol. The third kappa shape index (κ3) is 5.19. The molecule has 1 aliphatic rings. The number of nitrogen functional groups attached to an aromatic ring is 1. The van der Waals surface area contributed by atoms with Gasteiger partial charge in [-0.3, -0.25) is 4.79 Å². The standard InChI is InChI=1S/C15H23ClN4O/c1-19-5-7-20(8-6-19)4-2-3-18-15(21)12-9-13(16)11-14(17)10-12/h9-11H,2-8,17H2,1H3,(H,18,21). The zero-order valence-electron chi connectivity index (χ0n) is 12.4. The van der Waals surface area contributed by atoms with Crippen LogP contribution in [0.5, 0.6) is 0 Å². The maximum Gasteiger partial charge on any atom is 0.251 e. The lowest BCUT2D eigenvalue weighted by Crippen LogP contribution is -2.45. The lowest BCUT2D eigenvalue weighted by molar-refractivity contribution is 0.0949. The number of hydrogen-bond donors (Lipinski definition) is 2. The van der Waals surface area contributed by atoms with Crippen molar-refractivity contribution in [3.05, 3.63) is 28.8 Å². The number of carbonyl (C=O) groups is 1. The van der Waals surface area contributed by atoms with Gasteiger partial charge >= 0.3 is 0 Å². The van der Waals surface area contributed by atoms with Crippen molar-refractivity contribution in [1.29, 1.82) is 0 Å². The number of rotatable bonds is 5. The highest BCUT2D eigenvalue weighted by atomic mass is 35.5. The molecular weight excluding hydrogens is 288 g/mol. The van der Waals surface area contributed by atoms with E-state index in [-0.39, 0.29) is 5.91 Å². The Morgan fingerprint density at radius 1 is 1.29 bits per heavy atom. The number of likely N-dealkylation sites (N-methyl/N-ethyl adjacent to an activating group) is 1. The first-order chi connectivity index (χ1) is 10.0. The summed E-state index contributed by atoms with van der Waals surface area (Å²) >= 11 is 5.90. The summed E-state index contributed by atoms with van der Waals surface area (Å²) < 4.78 is 0. The molecule has 0 radical (unpaired) electrons. The second kappa shape index (κ2) is 7.64. The summed E-state index contributed by atoms with van der Waals surface area (Å²) in [4.78, 5) is 16.8. The van der Waals surface area contributed by atoms with Gasteiger partial charge in [0.1, 0.15) is 0 Å². The molecule has 1 amide bonds. The Morgan fingerprint density at radius 3 is 2.67 bits per heavy atom. The molecule has 1 aromatic carbocycles. The van der Waals surface area contributed by atoms with E-state index in [9.17, 15) is 4.79 Å². The van der Waals surface area contributed by atoms with Gasteiger partial charge < -0.3 is 20.9 Å². The average molecular weight is 311 g/mol. The largest absolute Gasteiger partial charge is 0.399 e. The maximum absolute atomic E-state index is 12.0. The molecule has 0 unspecified atom stereocenters. The number of nitrogens with two attached hydrogens (primary N) is 1. The Balaban J connectivity index is 1.69. The van der Waals surface area contributed by atoms with E-state index in [0.717, 1.165) is 39.1 Å². The highest BCUT2D eigenvalue weighted by Crippen LogP contribution is 2.16. The van der Waals surface area contributed by atoms with Crippen molar-refractivity contribution in [2.45, 2.75) is 6.42 Å². The van der Waals surface area contributed by atoms with Crippen LogP contribution < -0.4 is 11.1 Å². The molecule has 1 heterocycles. The van der Waals surface area contributed by atoms with Gasteiger partial charge in [-0.2, -0.15) is 0 Å². The van der Waals surface area contributed by atoms with E-state index in [1.807, 2.05) is 0 Å². The van der Waals surface area contributed by atoms with Gasteiger partial charge in [0.05, 0.1) is 0 Å². The summed E-state index contributed by atoms with van der Waals surface area (Å²) in [6, 6.07) is 4.90. The molecule has 1 aliphatic heterocycles. The van der Waals surface area contributed by atoms with Gasteiger partial charge in [-0.05, 0) is 38.2 Å². The smallest absolute Gasteiger partial charge is 0.251 e. The molecule has 0 aromatic heterocycles. The number of nitrogens with zero attached hydrogens (tertiary/aromatic N) is 2. The van der Waals surface area contributed by atoms with E-state index in [1.54, 1.807) is 18.2 Å². The van der Waals surface area contributed by atoms with Crippen LogP contribution in [0.1, 0.15) is 16.8 Å². The first-order valence-corrected chi connectivity index (χ1v) is 7.67. The van der Waals surface area contributed by atoms with Crippen molar-refractivity contribution in [3.8, 4) is 0 Å². The maximum atomic E-state index is 12.0. The number of amides is 1. The van der Waals surface area contributed by atoms with Crippen LogP contribution in [-0.4, -0.2) is 62.0 Å². The first kappa shape index (κ1) is 16.1. The van der Waals surface area contributed by atoms with Crippen LogP contribution in [0.25, 0.3) is 0 Å². The molecule has 2 rings (SSSR count). The number of carbonyl (C=O) groups excluding carboxylic acids is 1. The van der Waals surface area contributed by atoms with Gasteiger partial charge in [-0.15, -0.1) is 0 Å². The molecule has 1 saturated heterocycles. The Labute approximate surface area is 131 Å². The third-order valence-corrected chi connectivity index (χ3v) is 3.93. The normalized spacial score (nSPS) is 16.9. The minimum Gasteiger partial charge on any atom is -0.399 e. The first-order valence-electron chi connectivity index (χ1n) is 7.30. The zero-order chi connectivity index (χ0) is 15.2. The Hall–Kier alpha value is -1.30. The molecule has 0 bridgehead atoms. The number of anilines is 1. The highest BCUT2D eigenvalue weighted by Gasteiger charge is 2.13. The van der Waals surface area contributed by atoms with E-state index in [1.165, 1.54) is 0 Å². The van der Waals surface area contributed by atoms with Crippen LogP contribution >= 0.6 is 11.6 Å². The number of piperazine rings is 1. The lowest BCUT2D eigenvalue weighted by atomic mass is 10.2. The molecule has 116 valence electrons. The van der Waals surface area contributed by atoms with E-state index >= 15 is 0 Å². The second-order valence-corrected chi connectivity index (χ2v) is 5.96. The summed E-state index contributed by atoms with van der Waals surface area (Å²) in [6.07, 6.45) is 0.950. The van der Waals surface area contributed by atoms with Crippen molar-refractivity contribution in [1.82, 2.24) is 15.1 Å². The predicted octanol–water partition coefficient (Wildman–Crippen LogP) is 1.29. The molecule has 1 fully saturated rings. The molecule has 21 heavy (non-hydrogen) atoms. The van der Waals surface area contributed by atoms with Gasteiger partial charge in [-0.1, -0.05) is 11.6 Å². The van der Waals surface area contributed by atoms with Gasteiger partial charge in [0.25, 0.3) is 5.91 Å². The molecule has 0 atom stereocenters. The van der Waals surface area contributed by atoms with Crippen LogP contribution in [0.3, 0.4) is 0 Å². The number of halogens is 1. The fourth-order valence-electron chi connectivity index (χ4n) is 2.42. The topological polar surface area (TPSA) is 61.6 Å². The minimum absolute atomic E-state index is 0.123. The molecule has 3 N–H and O–H groups in total. The lowest BCUT2D eigenvalue weighted by Gasteiger charge is -2.32. The average Bonchev–Trinajstić information content (AvgIpc) is 2.44. The van der Waals surface area contributed by atoms with E-state index < -0.39 is 0 Å². The van der Waals surface area contributed by atoms with Gasteiger partial charge in [0.2, 0.25) is 0 Å². The number of benzene rings is 1. The fourth-order valence-corrected chi connectivity index (χ4v) is 2.67. The molecule has 0 saturated carbocycles. The third-order valence-electron chi connectivity index (χ3n) is 3.71. The van der Waals surface area contributed by atoms with Crippen molar-refractivity contribution in [2.75, 3.05) is 52.0 Å². The molecule has 6 heteroatoms. The van der Waals surface area contributed by atoms with Crippen LogP contribution in [0, 0.1) is 0 Å². The van der Waals surface area contributed by atoms with Gasteiger partial charge in [0, 0.05) is 49.0 Å². The van der Waals surface area contributed by atoms with Crippen molar-refractivity contribution in [2.24, 2.45) is 0 Å². The molecule has 5 nitrogen and oxygen atoms in total. The van der Waals surface area contributed by atoms with Crippen molar-refractivity contribution < 1.29 is 4.79 Å². The quantitative estimate of drug-likeness (QED) is 0.635. The monoisotopic (exact) mass is 310 g/mol. The minimum atomic E-state index is -0.123. The summed E-state index contributed by atoms with van der Waals surface area (Å²) in [7, 11) is 2.15. The Kier molecular flexibility index (Phi) is 5.85. The summed E-state index contributed by atoms with van der Waals surface area (Å²) in [6.45, 7) is 6.14. The molecule has 0 spiro atoms. The molecule has 0 aliphatic carbocycles. The summed E-state index contributed by atoms with van der Waals surface area (Å²) in [5.41, 5.74) is 6.70. The Bertz CT molecular complexity index is 466. The molecular formula is C15H23ClN4O. The van der Waals surface area contributed by atoms with Crippen LogP contribution in [-0.2, 0) is 0 Å². The van der Waals surface area contributed by atoms with Crippen molar-refractivity contribution in [3.63, 3.8) is 0 Å². The van der Waals surface area contributed by atoms with Gasteiger partial charge in [0.15, 0.2) is 0 Å².